The van der Waals surface area contributed by atoms with Gasteiger partial charge in [-0.25, -0.2) is 0 Å². The summed E-state index contributed by atoms with van der Waals surface area (Å²) in [7, 11) is -3.86. The van der Waals surface area contributed by atoms with Gasteiger partial charge in [0.2, 0.25) is 0 Å². The molecule has 1 fully saturated rings. The highest BCUT2D eigenvalue weighted by atomic mass is 35.5. The van der Waals surface area contributed by atoms with Crippen LogP contribution in [-0.2, 0) is 4.57 Å². The quantitative estimate of drug-likeness (QED) is 0.514. The zero-order valence-electron chi connectivity index (χ0n) is 5.46. The molecular formula is C5H10ClO3P. The lowest BCUT2D eigenvalue weighted by atomic mass is 10.3. The average Bonchev–Trinajstić information content (AvgIpc) is 2.45. The molecule has 0 spiro atoms. The van der Waals surface area contributed by atoms with E-state index in [4.69, 9.17) is 21.4 Å². The molecule has 10 heavy (non-hydrogen) atoms. The Kier molecular flexibility index (Phi) is 2.12. The Morgan fingerprint density at radius 2 is 2.00 bits per heavy atom. The molecule has 0 saturated heterocycles. The predicted molar refractivity (Wildman–Crippen MR) is 39.3 cm³/mol. The molecule has 1 aliphatic rings. The second-order valence-electron chi connectivity index (χ2n) is 2.71. The molecule has 1 rings (SSSR count). The fraction of sp³-hybridized carbons (Fsp3) is 1.00. The summed E-state index contributed by atoms with van der Waals surface area (Å²) in [6.45, 7) is 0. The molecule has 5 heteroatoms. The van der Waals surface area contributed by atoms with E-state index < -0.39 is 12.8 Å². The van der Waals surface area contributed by atoms with E-state index in [1.807, 2.05) is 0 Å². The Morgan fingerprint density at radius 3 is 2.10 bits per heavy atom. The molecular weight excluding hydrogens is 174 g/mol. The molecule has 0 unspecified atom stereocenters. The smallest absolute Gasteiger partial charge is 0.324 e. The summed E-state index contributed by atoms with van der Waals surface area (Å²) in [5.41, 5.74) is 0. The highest BCUT2D eigenvalue weighted by molar-refractivity contribution is 7.54. The SMILES string of the molecule is O=P(O)(O)C1(CCCl)CC1. The molecule has 0 aromatic carbocycles. The lowest BCUT2D eigenvalue weighted by molar-refractivity contribution is 0.352. The van der Waals surface area contributed by atoms with Gasteiger partial charge < -0.3 is 9.79 Å². The van der Waals surface area contributed by atoms with E-state index in [1.54, 1.807) is 0 Å². The molecule has 0 aliphatic heterocycles. The van der Waals surface area contributed by atoms with Crippen molar-refractivity contribution in [3.8, 4) is 0 Å². The Balaban J connectivity index is 2.61. The molecule has 0 amide bonds. The maximum Gasteiger partial charge on any atom is 0.331 e. The van der Waals surface area contributed by atoms with Crippen LogP contribution >= 0.6 is 19.2 Å². The molecule has 1 aliphatic carbocycles. The minimum atomic E-state index is -3.86. The van der Waals surface area contributed by atoms with Crippen LogP contribution in [0, 0.1) is 0 Å². The molecule has 0 heterocycles. The summed E-state index contributed by atoms with van der Waals surface area (Å²) < 4.78 is 10.7. The van der Waals surface area contributed by atoms with Crippen LogP contribution in [0.4, 0.5) is 0 Å². The lowest BCUT2D eigenvalue weighted by Gasteiger charge is -2.14. The van der Waals surface area contributed by atoms with Gasteiger partial charge in [-0.2, -0.15) is 0 Å². The van der Waals surface area contributed by atoms with Crippen LogP contribution in [0.1, 0.15) is 19.3 Å². The first kappa shape index (κ1) is 8.54. The van der Waals surface area contributed by atoms with Crippen molar-refractivity contribution in [3.63, 3.8) is 0 Å². The second-order valence-corrected chi connectivity index (χ2v) is 5.12. The largest absolute Gasteiger partial charge is 0.331 e. The Morgan fingerprint density at radius 1 is 1.50 bits per heavy atom. The summed E-state index contributed by atoms with van der Waals surface area (Å²) in [5, 5.41) is -0.727. The Labute approximate surface area is 64.5 Å². The summed E-state index contributed by atoms with van der Waals surface area (Å²) in [5.74, 6) is 0.338. The van der Waals surface area contributed by atoms with Crippen molar-refractivity contribution in [2.45, 2.75) is 24.4 Å². The van der Waals surface area contributed by atoms with Gasteiger partial charge in [-0.15, -0.1) is 11.6 Å². The third-order valence-corrected chi connectivity index (χ3v) is 4.10. The van der Waals surface area contributed by atoms with E-state index in [2.05, 4.69) is 0 Å². The Hall–Kier alpha value is 0.440. The summed E-state index contributed by atoms with van der Waals surface area (Å²) in [6.07, 6.45) is 1.70. The van der Waals surface area contributed by atoms with Crippen molar-refractivity contribution in [2.24, 2.45) is 0 Å². The zero-order valence-corrected chi connectivity index (χ0v) is 7.11. The van der Waals surface area contributed by atoms with Gasteiger partial charge in [0, 0.05) is 5.88 Å². The number of halogens is 1. The van der Waals surface area contributed by atoms with Gasteiger partial charge in [0.05, 0.1) is 5.16 Å². The normalized spacial score (nSPS) is 22.7. The zero-order chi connectivity index (χ0) is 7.83. The minimum Gasteiger partial charge on any atom is -0.324 e. The fourth-order valence-corrected chi connectivity index (χ4v) is 2.60. The van der Waals surface area contributed by atoms with Crippen LogP contribution in [0.2, 0.25) is 0 Å². The molecule has 0 radical (unpaired) electrons. The van der Waals surface area contributed by atoms with Crippen LogP contribution in [-0.4, -0.2) is 20.8 Å². The summed E-state index contributed by atoms with van der Waals surface area (Å²) in [4.78, 5) is 17.6. The monoisotopic (exact) mass is 184 g/mol. The van der Waals surface area contributed by atoms with Gasteiger partial charge in [0.1, 0.15) is 0 Å². The van der Waals surface area contributed by atoms with Crippen LogP contribution in [0.25, 0.3) is 0 Å². The summed E-state index contributed by atoms with van der Waals surface area (Å²) in [6, 6.07) is 0. The van der Waals surface area contributed by atoms with Gasteiger partial charge in [0.15, 0.2) is 0 Å². The highest BCUT2D eigenvalue weighted by Crippen LogP contribution is 2.66. The van der Waals surface area contributed by atoms with Gasteiger partial charge >= 0.3 is 7.60 Å². The molecule has 2 N–H and O–H groups in total. The molecule has 0 atom stereocenters. The van der Waals surface area contributed by atoms with Crippen molar-refractivity contribution in [1.82, 2.24) is 0 Å². The number of hydrogen-bond donors (Lipinski definition) is 2. The molecule has 60 valence electrons. The van der Waals surface area contributed by atoms with E-state index in [9.17, 15) is 4.57 Å². The molecule has 1 saturated carbocycles. The van der Waals surface area contributed by atoms with Crippen LogP contribution < -0.4 is 0 Å². The van der Waals surface area contributed by atoms with Crippen molar-refractivity contribution in [3.05, 3.63) is 0 Å². The minimum absolute atomic E-state index is 0.338. The highest BCUT2D eigenvalue weighted by Gasteiger charge is 2.55. The van der Waals surface area contributed by atoms with Crippen LogP contribution in [0.5, 0.6) is 0 Å². The number of rotatable bonds is 3. The van der Waals surface area contributed by atoms with E-state index in [0.717, 1.165) is 0 Å². The topological polar surface area (TPSA) is 57.5 Å². The maximum atomic E-state index is 10.7. The first-order valence-corrected chi connectivity index (χ1v) is 5.28. The fourth-order valence-electron chi connectivity index (χ4n) is 1.01. The van der Waals surface area contributed by atoms with E-state index >= 15 is 0 Å². The van der Waals surface area contributed by atoms with Gasteiger partial charge in [-0.3, -0.25) is 4.57 Å². The van der Waals surface area contributed by atoms with Gasteiger partial charge in [-0.05, 0) is 19.3 Å². The number of hydrogen-bond acceptors (Lipinski definition) is 1. The van der Waals surface area contributed by atoms with Crippen molar-refractivity contribution in [1.29, 1.82) is 0 Å². The van der Waals surface area contributed by atoms with Crippen LogP contribution in [0.15, 0.2) is 0 Å². The third kappa shape index (κ3) is 1.37. The standard InChI is InChI=1S/C5H10ClO3P/c6-4-3-5(1-2-5)10(7,8)9/h1-4H2,(H2,7,8,9). The average molecular weight is 185 g/mol. The predicted octanol–water partition coefficient (Wildman–Crippen LogP) is 1.33. The maximum absolute atomic E-state index is 10.7. The second kappa shape index (κ2) is 2.49. The molecule has 0 aromatic rings. The molecule has 0 bridgehead atoms. The molecule has 0 aromatic heterocycles. The van der Waals surface area contributed by atoms with Gasteiger partial charge in [-0.1, -0.05) is 0 Å². The van der Waals surface area contributed by atoms with E-state index in [-0.39, 0.29) is 0 Å². The summed E-state index contributed by atoms with van der Waals surface area (Å²) >= 11 is 5.39. The van der Waals surface area contributed by atoms with Crippen molar-refractivity contribution >= 4 is 19.2 Å². The first-order valence-electron chi connectivity index (χ1n) is 3.13. The Bertz CT molecular complexity index is 172. The van der Waals surface area contributed by atoms with Crippen molar-refractivity contribution < 1.29 is 14.4 Å². The van der Waals surface area contributed by atoms with Crippen LogP contribution in [0.3, 0.4) is 0 Å². The van der Waals surface area contributed by atoms with Gasteiger partial charge in [0.25, 0.3) is 0 Å². The van der Waals surface area contributed by atoms with E-state index in [0.29, 0.717) is 25.1 Å². The molecule has 3 nitrogen and oxygen atoms in total. The third-order valence-electron chi connectivity index (χ3n) is 2.00. The number of alkyl halides is 1. The van der Waals surface area contributed by atoms with E-state index in [1.165, 1.54) is 0 Å². The lowest BCUT2D eigenvalue weighted by Crippen LogP contribution is -2.09. The first-order chi connectivity index (χ1) is 4.52. The van der Waals surface area contributed by atoms with Crippen molar-refractivity contribution in [2.75, 3.05) is 5.88 Å².